The molecule has 2 nitrogen and oxygen atoms in total. The SMILES string of the molecule is NC(=O)c1cccc(-c2c(Cl)c(Cl)c(Cl)c(Cl)c2Cl)c1F. The fourth-order valence-electron chi connectivity index (χ4n) is 1.76. The van der Waals surface area contributed by atoms with Crippen molar-refractivity contribution >= 4 is 63.9 Å². The molecule has 0 bridgehead atoms. The first-order valence-corrected chi connectivity index (χ1v) is 7.26. The maximum atomic E-state index is 14.4. The molecule has 2 rings (SSSR count). The normalized spacial score (nSPS) is 10.8. The Morgan fingerprint density at radius 1 is 0.905 bits per heavy atom. The second kappa shape index (κ2) is 6.19. The van der Waals surface area contributed by atoms with Crippen LogP contribution in [0, 0.1) is 5.82 Å². The Balaban J connectivity index is 2.86. The number of amides is 1. The molecule has 0 aromatic heterocycles. The maximum absolute atomic E-state index is 14.4. The predicted octanol–water partition coefficient (Wildman–Crippen LogP) is 5.86. The molecule has 0 saturated carbocycles. The van der Waals surface area contributed by atoms with Crippen molar-refractivity contribution in [2.75, 3.05) is 0 Å². The van der Waals surface area contributed by atoms with Gasteiger partial charge in [0.05, 0.1) is 30.7 Å². The summed E-state index contributed by atoms with van der Waals surface area (Å²) in [6, 6.07) is 4.04. The third-order valence-corrected chi connectivity index (χ3v) is 5.02. The van der Waals surface area contributed by atoms with Gasteiger partial charge in [0.2, 0.25) is 0 Å². The molecule has 0 aliphatic rings. The summed E-state index contributed by atoms with van der Waals surface area (Å²) in [6.45, 7) is 0. The molecular formula is C13H5Cl5FNO. The predicted molar refractivity (Wildman–Crippen MR) is 85.4 cm³/mol. The summed E-state index contributed by atoms with van der Waals surface area (Å²) in [6.07, 6.45) is 0. The van der Waals surface area contributed by atoms with Gasteiger partial charge in [-0.2, -0.15) is 0 Å². The van der Waals surface area contributed by atoms with Gasteiger partial charge in [0.25, 0.3) is 5.91 Å². The van der Waals surface area contributed by atoms with Gasteiger partial charge in [0, 0.05) is 11.1 Å². The van der Waals surface area contributed by atoms with Gasteiger partial charge in [-0.05, 0) is 6.07 Å². The van der Waals surface area contributed by atoms with Crippen molar-refractivity contribution in [1.82, 2.24) is 0 Å². The molecule has 0 spiro atoms. The molecule has 0 atom stereocenters. The van der Waals surface area contributed by atoms with Gasteiger partial charge in [-0.1, -0.05) is 70.1 Å². The molecule has 2 aromatic carbocycles. The first kappa shape index (κ1) is 16.7. The van der Waals surface area contributed by atoms with Crippen LogP contribution < -0.4 is 5.73 Å². The van der Waals surface area contributed by atoms with Crippen LogP contribution in [0.2, 0.25) is 25.1 Å². The molecule has 0 heterocycles. The lowest BCUT2D eigenvalue weighted by Gasteiger charge is -2.14. The highest BCUT2D eigenvalue weighted by Crippen LogP contribution is 2.48. The Hall–Kier alpha value is -0.710. The number of primary amides is 1. The average Bonchev–Trinajstić information content (AvgIpc) is 2.44. The molecular weight excluding hydrogens is 382 g/mol. The average molecular weight is 387 g/mol. The Morgan fingerprint density at radius 3 is 1.86 bits per heavy atom. The van der Waals surface area contributed by atoms with E-state index in [9.17, 15) is 9.18 Å². The van der Waals surface area contributed by atoms with Crippen molar-refractivity contribution < 1.29 is 9.18 Å². The zero-order valence-electron chi connectivity index (χ0n) is 9.99. The highest BCUT2D eigenvalue weighted by atomic mass is 35.5. The molecule has 0 saturated heterocycles. The largest absolute Gasteiger partial charge is 0.366 e. The first-order valence-electron chi connectivity index (χ1n) is 5.37. The summed E-state index contributed by atoms with van der Waals surface area (Å²) in [5.74, 6) is -1.80. The lowest BCUT2D eigenvalue weighted by molar-refractivity contribution is 0.0996. The maximum Gasteiger partial charge on any atom is 0.251 e. The number of hydrogen-bond acceptors (Lipinski definition) is 1. The van der Waals surface area contributed by atoms with Crippen molar-refractivity contribution in [1.29, 1.82) is 0 Å². The number of hydrogen-bond donors (Lipinski definition) is 1. The van der Waals surface area contributed by atoms with Crippen molar-refractivity contribution in [2.24, 2.45) is 5.73 Å². The van der Waals surface area contributed by atoms with Crippen LogP contribution in [-0.4, -0.2) is 5.91 Å². The van der Waals surface area contributed by atoms with Crippen molar-refractivity contribution in [3.05, 3.63) is 54.7 Å². The molecule has 0 radical (unpaired) electrons. The monoisotopic (exact) mass is 385 g/mol. The van der Waals surface area contributed by atoms with E-state index in [0.717, 1.165) is 0 Å². The third-order valence-electron chi connectivity index (χ3n) is 2.74. The van der Waals surface area contributed by atoms with Gasteiger partial charge >= 0.3 is 0 Å². The minimum absolute atomic E-state index is 0.0384. The van der Waals surface area contributed by atoms with Crippen LogP contribution in [0.15, 0.2) is 18.2 Å². The second-order valence-electron chi connectivity index (χ2n) is 3.98. The number of halogens is 6. The minimum atomic E-state index is -0.923. The second-order valence-corrected chi connectivity index (χ2v) is 5.87. The standard InChI is InChI=1S/C13H5Cl5FNO/c14-7-6(8(15)10(17)11(18)9(7)16)4-2-1-3-5(12(4)19)13(20)21/h1-3H,(H2,20,21). The third kappa shape index (κ3) is 2.81. The van der Waals surface area contributed by atoms with Crippen molar-refractivity contribution in [3.8, 4) is 11.1 Å². The van der Waals surface area contributed by atoms with Gasteiger partial charge in [-0.3, -0.25) is 4.79 Å². The van der Waals surface area contributed by atoms with E-state index in [1.807, 2.05) is 0 Å². The van der Waals surface area contributed by atoms with Crippen LogP contribution >= 0.6 is 58.0 Å². The lowest BCUT2D eigenvalue weighted by atomic mass is 10.0. The van der Waals surface area contributed by atoms with E-state index < -0.39 is 11.7 Å². The van der Waals surface area contributed by atoms with Gasteiger partial charge in [0.15, 0.2) is 0 Å². The minimum Gasteiger partial charge on any atom is -0.366 e. The quantitative estimate of drug-likeness (QED) is 0.509. The van der Waals surface area contributed by atoms with E-state index >= 15 is 0 Å². The van der Waals surface area contributed by atoms with Crippen LogP contribution in [-0.2, 0) is 0 Å². The van der Waals surface area contributed by atoms with E-state index in [1.165, 1.54) is 18.2 Å². The molecule has 110 valence electrons. The van der Waals surface area contributed by atoms with Gasteiger partial charge in [-0.25, -0.2) is 4.39 Å². The Labute approximate surface area is 144 Å². The molecule has 2 N–H and O–H groups in total. The Morgan fingerprint density at radius 2 is 1.38 bits per heavy atom. The number of nitrogens with two attached hydrogens (primary N) is 1. The number of carbonyl (C=O) groups excluding carboxylic acids is 1. The van der Waals surface area contributed by atoms with Gasteiger partial charge < -0.3 is 5.73 Å². The zero-order valence-corrected chi connectivity index (χ0v) is 13.8. The number of carbonyl (C=O) groups is 1. The van der Waals surface area contributed by atoms with Crippen LogP contribution in [0.5, 0.6) is 0 Å². The molecule has 0 aliphatic heterocycles. The molecule has 8 heteroatoms. The first-order chi connectivity index (χ1) is 9.77. The molecule has 1 amide bonds. The molecule has 0 fully saturated rings. The van der Waals surface area contributed by atoms with E-state index in [-0.39, 0.29) is 41.8 Å². The van der Waals surface area contributed by atoms with Crippen LogP contribution in [0.25, 0.3) is 11.1 Å². The summed E-state index contributed by atoms with van der Waals surface area (Å²) >= 11 is 29.9. The van der Waals surface area contributed by atoms with Gasteiger partial charge in [0.1, 0.15) is 5.82 Å². The molecule has 2 aromatic rings. The summed E-state index contributed by atoms with van der Waals surface area (Å²) < 4.78 is 14.4. The van der Waals surface area contributed by atoms with Crippen LogP contribution in [0.1, 0.15) is 10.4 Å². The number of rotatable bonds is 2. The molecule has 21 heavy (non-hydrogen) atoms. The smallest absolute Gasteiger partial charge is 0.251 e. The Bertz CT molecular complexity index is 734. The van der Waals surface area contributed by atoms with Gasteiger partial charge in [-0.15, -0.1) is 0 Å². The number of benzene rings is 2. The Kier molecular flexibility index (Phi) is 4.91. The van der Waals surface area contributed by atoms with E-state index in [0.29, 0.717) is 0 Å². The fourth-order valence-corrected chi connectivity index (χ4v) is 3.10. The summed E-state index contributed by atoms with van der Waals surface area (Å²) in [4.78, 5) is 11.2. The highest BCUT2D eigenvalue weighted by Gasteiger charge is 2.24. The summed E-state index contributed by atoms with van der Waals surface area (Å²) in [7, 11) is 0. The van der Waals surface area contributed by atoms with Crippen molar-refractivity contribution in [2.45, 2.75) is 0 Å². The zero-order chi connectivity index (χ0) is 15.9. The summed E-state index contributed by atoms with van der Waals surface area (Å²) in [5, 5.41) is -0.310. The molecule has 0 unspecified atom stereocenters. The van der Waals surface area contributed by atoms with E-state index in [1.54, 1.807) is 0 Å². The topological polar surface area (TPSA) is 43.1 Å². The van der Waals surface area contributed by atoms with Crippen molar-refractivity contribution in [3.63, 3.8) is 0 Å². The molecule has 0 aliphatic carbocycles. The fraction of sp³-hybridized carbons (Fsp3) is 0. The lowest BCUT2D eigenvalue weighted by Crippen LogP contribution is -2.13. The van der Waals surface area contributed by atoms with E-state index in [2.05, 4.69) is 0 Å². The van der Waals surface area contributed by atoms with E-state index in [4.69, 9.17) is 63.7 Å². The highest BCUT2D eigenvalue weighted by molar-refractivity contribution is 6.56. The van der Waals surface area contributed by atoms with Crippen LogP contribution in [0.3, 0.4) is 0 Å². The van der Waals surface area contributed by atoms with Crippen LogP contribution in [0.4, 0.5) is 4.39 Å². The summed E-state index contributed by atoms with van der Waals surface area (Å²) in [5.41, 5.74) is 4.79.